The van der Waals surface area contributed by atoms with E-state index in [1.54, 1.807) is 32.2 Å². The zero-order valence-corrected chi connectivity index (χ0v) is 21.7. The average molecular weight is 525 g/mol. The maximum atomic E-state index is 13.2. The third-order valence-corrected chi connectivity index (χ3v) is 8.99. The van der Waals surface area contributed by atoms with Crippen LogP contribution in [0.5, 0.6) is 0 Å². The summed E-state index contributed by atoms with van der Waals surface area (Å²) in [6.07, 6.45) is 4.55. The van der Waals surface area contributed by atoms with Gasteiger partial charge in [-0.3, -0.25) is 4.79 Å². The molecule has 0 aliphatic carbocycles. The number of hydrogen-bond donors (Lipinski definition) is 2. The Labute approximate surface area is 211 Å². The molecule has 2 aromatic rings. The maximum absolute atomic E-state index is 13.2. The first kappa shape index (κ1) is 26.1. The van der Waals surface area contributed by atoms with Crippen LogP contribution in [0.4, 0.5) is 5.69 Å². The molecule has 9 nitrogen and oxygen atoms in total. The SMILES string of the molecule is CC(C)(O)c1cccc(S(=O)(=O)N2CCC(n3ncc(NC[C@H]4CCCOC4)c(Cl)c3=O)CC2)c1. The normalized spacial score (nSPS) is 20.6. The molecule has 2 fully saturated rings. The van der Waals surface area contributed by atoms with Gasteiger partial charge in [-0.05, 0) is 63.1 Å². The number of nitrogens with one attached hydrogen (secondary N) is 1. The van der Waals surface area contributed by atoms with Crippen molar-refractivity contribution in [1.82, 2.24) is 14.1 Å². The molecule has 1 atom stereocenters. The number of halogens is 1. The van der Waals surface area contributed by atoms with Gasteiger partial charge in [0.25, 0.3) is 5.56 Å². The van der Waals surface area contributed by atoms with Crippen molar-refractivity contribution in [3.05, 3.63) is 51.4 Å². The summed E-state index contributed by atoms with van der Waals surface area (Å²) in [7, 11) is -3.73. The monoisotopic (exact) mass is 524 g/mol. The molecule has 0 saturated carbocycles. The van der Waals surface area contributed by atoms with Crippen molar-refractivity contribution >= 4 is 27.3 Å². The van der Waals surface area contributed by atoms with Crippen LogP contribution < -0.4 is 10.9 Å². The average Bonchev–Trinajstić information content (AvgIpc) is 2.85. The van der Waals surface area contributed by atoms with Crippen molar-refractivity contribution in [3.63, 3.8) is 0 Å². The van der Waals surface area contributed by atoms with E-state index in [4.69, 9.17) is 16.3 Å². The Balaban J connectivity index is 1.42. The second-order valence-corrected chi connectivity index (χ2v) is 12.1. The largest absolute Gasteiger partial charge is 0.386 e. The van der Waals surface area contributed by atoms with Gasteiger partial charge in [-0.15, -0.1) is 0 Å². The Bertz CT molecular complexity index is 1200. The summed E-state index contributed by atoms with van der Waals surface area (Å²) < 4.78 is 34.7. The molecule has 4 rings (SSSR count). The van der Waals surface area contributed by atoms with Gasteiger partial charge in [0.15, 0.2) is 0 Å². The van der Waals surface area contributed by atoms with E-state index in [0.717, 1.165) is 19.4 Å². The molecule has 192 valence electrons. The van der Waals surface area contributed by atoms with Gasteiger partial charge in [0.1, 0.15) is 5.02 Å². The summed E-state index contributed by atoms with van der Waals surface area (Å²) >= 11 is 6.37. The van der Waals surface area contributed by atoms with Crippen LogP contribution in [-0.4, -0.2) is 60.5 Å². The Morgan fingerprint density at radius 1 is 1.26 bits per heavy atom. The summed E-state index contributed by atoms with van der Waals surface area (Å²) in [6.45, 7) is 5.90. The molecule has 2 N–H and O–H groups in total. The molecule has 0 bridgehead atoms. The van der Waals surface area contributed by atoms with Gasteiger partial charge < -0.3 is 15.2 Å². The van der Waals surface area contributed by atoms with Gasteiger partial charge in [-0.1, -0.05) is 23.7 Å². The van der Waals surface area contributed by atoms with Crippen LogP contribution in [0.1, 0.15) is 51.1 Å². The van der Waals surface area contributed by atoms with Crippen LogP contribution in [0.2, 0.25) is 5.02 Å². The highest BCUT2D eigenvalue weighted by Crippen LogP contribution is 2.29. The highest BCUT2D eigenvalue weighted by atomic mass is 35.5. The smallest absolute Gasteiger partial charge is 0.287 e. The van der Waals surface area contributed by atoms with E-state index in [1.165, 1.54) is 21.1 Å². The highest BCUT2D eigenvalue weighted by molar-refractivity contribution is 7.89. The summed E-state index contributed by atoms with van der Waals surface area (Å²) in [5, 5.41) is 17.9. The van der Waals surface area contributed by atoms with Gasteiger partial charge in [0.05, 0.1) is 35.0 Å². The summed E-state index contributed by atoms with van der Waals surface area (Å²) in [4.78, 5) is 13.1. The van der Waals surface area contributed by atoms with E-state index in [9.17, 15) is 18.3 Å². The molecule has 1 aromatic heterocycles. The lowest BCUT2D eigenvalue weighted by molar-refractivity contribution is 0.0595. The van der Waals surface area contributed by atoms with E-state index in [0.29, 0.717) is 43.2 Å². The molecule has 35 heavy (non-hydrogen) atoms. The lowest BCUT2D eigenvalue weighted by Crippen LogP contribution is -2.41. The van der Waals surface area contributed by atoms with Crippen molar-refractivity contribution in [2.45, 2.75) is 56.1 Å². The van der Waals surface area contributed by atoms with E-state index in [1.807, 2.05) is 0 Å². The molecule has 0 unspecified atom stereocenters. The topological polar surface area (TPSA) is 114 Å². The highest BCUT2D eigenvalue weighted by Gasteiger charge is 2.32. The van der Waals surface area contributed by atoms with Gasteiger partial charge >= 0.3 is 0 Å². The molecule has 2 saturated heterocycles. The Kier molecular flexibility index (Phi) is 7.87. The molecule has 3 heterocycles. The van der Waals surface area contributed by atoms with Gasteiger partial charge in [0.2, 0.25) is 10.0 Å². The number of sulfonamides is 1. The first-order valence-corrected chi connectivity index (χ1v) is 13.8. The third-order valence-electron chi connectivity index (χ3n) is 6.73. The van der Waals surface area contributed by atoms with E-state index < -0.39 is 15.6 Å². The number of aliphatic hydroxyl groups is 1. The van der Waals surface area contributed by atoms with Gasteiger partial charge in [-0.2, -0.15) is 9.40 Å². The van der Waals surface area contributed by atoms with Crippen LogP contribution in [0.15, 0.2) is 40.2 Å². The molecule has 2 aliphatic rings. The quantitative estimate of drug-likeness (QED) is 0.572. The zero-order chi connectivity index (χ0) is 25.2. The van der Waals surface area contributed by atoms with E-state index >= 15 is 0 Å². The number of ether oxygens (including phenoxy) is 1. The Morgan fingerprint density at radius 2 is 2.00 bits per heavy atom. The minimum atomic E-state index is -3.73. The van der Waals surface area contributed by atoms with Crippen molar-refractivity contribution in [1.29, 1.82) is 0 Å². The second kappa shape index (κ2) is 10.6. The van der Waals surface area contributed by atoms with E-state index in [2.05, 4.69) is 10.4 Å². The number of hydrogen-bond acceptors (Lipinski definition) is 7. The lowest BCUT2D eigenvalue weighted by Gasteiger charge is -2.32. The van der Waals surface area contributed by atoms with Crippen molar-refractivity contribution in [3.8, 4) is 0 Å². The fourth-order valence-electron chi connectivity index (χ4n) is 4.56. The summed E-state index contributed by atoms with van der Waals surface area (Å²) in [5.74, 6) is 0.373. The summed E-state index contributed by atoms with van der Waals surface area (Å²) in [5.41, 5.74) is -0.486. The molecule has 2 aliphatic heterocycles. The number of aromatic nitrogens is 2. The van der Waals surface area contributed by atoms with Crippen molar-refractivity contribution in [2.75, 3.05) is 38.2 Å². The maximum Gasteiger partial charge on any atom is 0.287 e. The van der Waals surface area contributed by atoms with Crippen LogP contribution in [0, 0.1) is 5.92 Å². The number of anilines is 1. The zero-order valence-electron chi connectivity index (χ0n) is 20.1. The number of nitrogens with zero attached hydrogens (tertiary/aromatic N) is 3. The van der Waals surface area contributed by atoms with E-state index in [-0.39, 0.29) is 34.6 Å². The second-order valence-electron chi connectivity index (χ2n) is 9.81. The minimum Gasteiger partial charge on any atom is -0.386 e. The molecular weight excluding hydrogens is 492 g/mol. The molecule has 11 heteroatoms. The first-order valence-electron chi connectivity index (χ1n) is 12.0. The van der Waals surface area contributed by atoms with Crippen molar-refractivity contribution < 1.29 is 18.3 Å². The number of piperidine rings is 1. The molecule has 0 amide bonds. The minimum absolute atomic E-state index is 0.0928. The third kappa shape index (κ3) is 5.89. The van der Waals surface area contributed by atoms with Gasteiger partial charge in [0, 0.05) is 26.2 Å². The standard InChI is InChI=1S/C24H33ClN4O5S/c1-24(2,31)18-6-3-7-20(13-18)35(32,33)28-10-8-19(9-11-28)29-23(30)22(25)21(15-27-29)26-14-17-5-4-12-34-16-17/h3,6-7,13,15,17,19,26,31H,4-5,8-12,14,16H2,1-2H3/t17-/m1/s1. The fraction of sp³-hybridized carbons (Fsp3) is 0.583. The molecule has 0 spiro atoms. The predicted molar refractivity (Wildman–Crippen MR) is 134 cm³/mol. The van der Waals surface area contributed by atoms with Crippen LogP contribution in [0.25, 0.3) is 0 Å². The number of rotatable bonds is 7. The lowest BCUT2D eigenvalue weighted by atomic mass is 9.99. The van der Waals surface area contributed by atoms with Crippen LogP contribution in [0.3, 0.4) is 0 Å². The fourth-order valence-corrected chi connectivity index (χ4v) is 6.28. The molecular formula is C24H33ClN4O5S. The van der Waals surface area contributed by atoms with Crippen LogP contribution in [-0.2, 0) is 20.4 Å². The predicted octanol–water partition coefficient (Wildman–Crippen LogP) is 2.99. The van der Waals surface area contributed by atoms with Crippen molar-refractivity contribution in [2.24, 2.45) is 5.92 Å². The molecule has 1 aromatic carbocycles. The summed E-state index contributed by atoms with van der Waals surface area (Å²) in [6, 6.07) is 6.14. The van der Waals surface area contributed by atoms with Crippen LogP contribution >= 0.6 is 11.6 Å². The van der Waals surface area contributed by atoms with Gasteiger partial charge in [-0.25, -0.2) is 13.1 Å². The Morgan fingerprint density at radius 3 is 2.66 bits per heavy atom. The molecule has 0 radical (unpaired) electrons. The number of benzene rings is 1. The Hall–Kier alpha value is -1.98. The first-order chi connectivity index (χ1) is 16.6.